The van der Waals surface area contributed by atoms with Gasteiger partial charge in [0.1, 0.15) is 36.5 Å². The van der Waals surface area contributed by atoms with Crippen molar-refractivity contribution in [2.24, 2.45) is 0 Å². The molecular formula is C38H32Cl2F3N3O11S. The Morgan fingerprint density at radius 3 is 2.14 bits per heavy atom. The van der Waals surface area contributed by atoms with Crippen molar-refractivity contribution in [2.45, 2.75) is 30.0 Å². The van der Waals surface area contributed by atoms with Crippen molar-refractivity contribution in [2.75, 3.05) is 44.4 Å². The molecule has 2 heterocycles. The van der Waals surface area contributed by atoms with Crippen LogP contribution in [0, 0.1) is 0 Å². The van der Waals surface area contributed by atoms with E-state index in [4.69, 9.17) is 46.9 Å². The Hall–Kier alpha value is -5.40. The number of ether oxygens (including phenoxy) is 5. The second-order valence-electron chi connectivity index (χ2n) is 12.5. The minimum Gasteiger partial charge on any atom is -0.491 e. The number of amides is 4. The average molecular weight is 867 g/mol. The van der Waals surface area contributed by atoms with Gasteiger partial charge in [-0.3, -0.25) is 34.1 Å². The Balaban J connectivity index is 0.905. The van der Waals surface area contributed by atoms with Gasteiger partial charge in [-0.15, -0.1) is 0 Å². The molecule has 1 unspecified atom stereocenters. The van der Waals surface area contributed by atoms with Gasteiger partial charge in [0, 0.05) is 11.4 Å². The van der Waals surface area contributed by atoms with Crippen LogP contribution in [0.25, 0.3) is 0 Å². The van der Waals surface area contributed by atoms with Gasteiger partial charge in [0.25, 0.3) is 21.8 Å². The maximum atomic E-state index is 13.4. The average Bonchev–Trinajstić information content (AvgIpc) is 3.42. The predicted molar refractivity (Wildman–Crippen MR) is 201 cm³/mol. The van der Waals surface area contributed by atoms with Gasteiger partial charge >= 0.3 is 6.18 Å². The summed E-state index contributed by atoms with van der Waals surface area (Å²) < 4.78 is 96.7. The quantitative estimate of drug-likeness (QED) is 0.0876. The summed E-state index contributed by atoms with van der Waals surface area (Å²) in [6.07, 6.45) is -4.82. The second kappa shape index (κ2) is 18.0. The number of alkyl halides is 3. The highest BCUT2D eigenvalue weighted by atomic mass is 35.5. The zero-order valence-electron chi connectivity index (χ0n) is 30.0. The minimum absolute atomic E-state index is 0.0124. The number of rotatable bonds is 17. The number of hydrogen-bond acceptors (Lipinski definition) is 11. The van der Waals surface area contributed by atoms with Gasteiger partial charge in [0.05, 0.1) is 58.7 Å². The van der Waals surface area contributed by atoms with Gasteiger partial charge in [-0.2, -0.15) is 13.2 Å². The van der Waals surface area contributed by atoms with Crippen LogP contribution in [0.3, 0.4) is 0 Å². The molecule has 58 heavy (non-hydrogen) atoms. The first-order chi connectivity index (χ1) is 27.6. The number of sulfonamides is 1. The van der Waals surface area contributed by atoms with E-state index in [1.807, 2.05) is 0 Å². The number of anilines is 1. The van der Waals surface area contributed by atoms with E-state index in [9.17, 15) is 40.8 Å². The van der Waals surface area contributed by atoms with Crippen LogP contribution in [0.15, 0.2) is 83.8 Å². The number of benzene rings is 4. The van der Waals surface area contributed by atoms with Crippen LogP contribution in [-0.2, 0) is 35.3 Å². The van der Waals surface area contributed by atoms with Crippen molar-refractivity contribution in [3.8, 4) is 23.0 Å². The van der Waals surface area contributed by atoms with Gasteiger partial charge in [-0.25, -0.2) is 8.42 Å². The van der Waals surface area contributed by atoms with E-state index in [0.717, 1.165) is 17.0 Å². The fourth-order valence-corrected chi connectivity index (χ4v) is 7.33. The summed E-state index contributed by atoms with van der Waals surface area (Å²) in [5.41, 5.74) is -1.28. The van der Waals surface area contributed by atoms with Crippen LogP contribution in [0.1, 0.15) is 39.1 Å². The van der Waals surface area contributed by atoms with E-state index < -0.39 is 61.4 Å². The van der Waals surface area contributed by atoms with Crippen molar-refractivity contribution in [3.63, 3.8) is 0 Å². The standard InChI is InChI=1S/C38H32Cl2F3N3O11S/c39-22-4-12-31(29(20-22)45-58(51,52)25-9-10-28(40)27(21-25)38(41,42)43)57-24-7-5-23(6-8-24)55-18-16-53-14-15-54-17-19-56-32-3-1-2-26-34(32)37(50)46(36(26)49)30-11-13-33(47)44-35(30)48/h1-10,12,20-21,30,45H,11,13-19H2,(H,44,47,48). The first-order valence-electron chi connectivity index (χ1n) is 17.3. The van der Waals surface area contributed by atoms with Gasteiger partial charge < -0.3 is 23.7 Å². The number of halogens is 5. The Morgan fingerprint density at radius 2 is 1.45 bits per heavy atom. The zero-order chi connectivity index (χ0) is 41.6. The van der Waals surface area contributed by atoms with Crippen LogP contribution >= 0.6 is 23.2 Å². The fourth-order valence-electron chi connectivity index (χ4n) is 5.85. The molecule has 2 N–H and O–H groups in total. The Labute approximate surface area is 339 Å². The smallest absolute Gasteiger partial charge is 0.417 e. The molecule has 6 rings (SSSR count). The van der Waals surface area contributed by atoms with E-state index in [2.05, 4.69) is 10.0 Å². The lowest BCUT2D eigenvalue weighted by Crippen LogP contribution is -2.54. The monoisotopic (exact) mass is 865 g/mol. The lowest BCUT2D eigenvalue weighted by atomic mass is 10.0. The summed E-state index contributed by atoms with van der Waals surface area (Å²) in [7, 11) is -4.53. The molecule has 0 spiro atoms. The third-order valence-corrected chi connectivity index (χ3v) is 10.5. The summed E-state index contributed by atoms with van der Waals surface area (Å²) in [5, 5.41) is 1.64. The number of imide groups is 2. The molecule has 4 aromatic carbocycles. The van der Waals surface area contributed by atoms with Crippen LogP contribution in [0.2, 0.25) is 10.0 Å². The Bertz CT molecular complexity index is 2330. The zero-order valence-corrected chi connectivity index (χ0v) is 32.3. The highest BCUT2D eigenvalue weighted by molar-refractivity contribution is 7.92. The molecule has 1 fully saturated rings. The molecule has 1 atom stereocenters. The van der Waals surface area contributed by atoms with Crippen molar-refractivity contribution >= 4 is 62.5 Å². The maximum Gasteiger partial charge on any atom is 0.417 e. The van der Waals surface area contributed by atoms with Crippen molar-refractivity contribution in [1.29, 1.82) is 0 Å². The molecule has 0 radical (unpaired) electrons. The fraction of sp³-hybridized carbons (Fsp3) is 0.263. The van der Waals surface area contributed by atoms with Crippen molar-refractivity contribution in [3.05, 3.63) is 106 Å². The Morgan fingerprint density at radius 1 is 0.776 bits per heavy atom. The van der Waals surface area contributed by atoms with E-state index >= 15 is 0 Å². The molecule has 0 aliphatic carbocycles. The second-order valence-corrected chi connectivity index (χ2v) is 15.0. The summed E-state index contributed by atoms with van der Waals surface area (Å²) in [6, 6.07) is 16.1. The number of nitrogens with one attached hydrogen (secondary N) is 2. The number of carbonyl (C=O) groups excluding carboxylic acids is 4. The van der Waals surface area contributed by atoms with E-state index in [1.54, 1.807) is 30.3 Å². The van der Waals surface area contributed by atoms with Gasteiger partial charge in [-0.1, -0.05) is 29.3 Å². The molecule has 1 saturated heterocycles. The van der Waals surface area contributed by atoms with Crippen LogP contribution in [0.5, 0.6) is 23.0 Å². The van der Waals surface area contributed by atoms with Crippen LogP contribution < -0.4 is 24.2 Å². The molecule has 14 nitrogen and oxygen atoms in total. The van der Waals surface area contributed by atoms with Crippen molar-refractivity contribution < 1.29 is 64.5 Å². The highest BCUT2D eigenvalue weighted by Crippen LogP contribution is 2.38. The third-order valence-electron chi connectivity index (χ3n) is 8.57. The molecule has 4 amide bonds. The minimum atomic E-state index is -4.87. The van der Waals surface area contributed by atoms with Gasteiger partial charge in [-0.05, 0) is 79.2 Å². The molecular weight excluding hydrogens is 834 g/mol. The number of piperidine rings is 1. The van der Waals surface area contributed by atoms with E-state index in [1.165, 1.54) is 30.3 Å². The van der Waals surface area contributed by atoms with E-state index in [-0.39, 0.29) is 91.6 Å². The van der Waals surface area contributed by atoms with Crippen molar-refractivity contribution in [1.82, 2.24) is 10.2 Å². The Kier molecular flexibility index (Phi) is 13.1. The summed E-state index contributed by atoms with van der Waals surface area (Å²) in [5.74, 6) is -1.53. The largest absolute Gasteiger partial charge is 0.491 e. The topological polar surface area (TPSA) is 176 Å². The van der Waals surface area contributed by atoms with Gasteiger partial charge in [0.2, 0.25) is 11.8 Å². The summed E-state index contributed by atoms with van der Waals surface area (Å²) in [6.45, 7) is 1.07. The number of fused-ring (bicyclic) bond motifs is 1. The molecule has 0 saturated carbocycles. The molecule has 20 heteroatoms. The highest BCUT2D eigenvalue weighted by Gasteiger charge is 2.46. The first kappa shape index (κ1) is 42.2. The third kappa shape index (κ3) is 10.00. The number of hydrogen-bond donors (Lipinski definition) is 2. The predicted octanol–water partition coefficient (Wildman–Crippen LogP) is 6.50. The van der Waals surface area contributed by atoms with Crippen LogP contribution in [-0.4, -0.2) is 82.6 Å². The normalized spacial score (nSPS) is 15.6. The molecule has 4 aromatic rings. The number of nitrogens with zero attached hydrogens (tertiary/aromatic N) is 1. The first-order valence-corrected chi connectivity index (χ1v) is 19.6. The SMILES string of the molecule is O=C1CCC(N2C(=O)c3cccc(OCCOCCOCCOc4ccc(Oc5ccc(Cl)cc5NS(=O)(=O)c5ccc(Cl)c(C(F)(F)F)c5)cc4)c3C2=O)C(=O)N1. The molecule has 306 valence electrons. The number of carbonyl (C=O) groups is 4. The maximum absolute atomic E-state index is 13.4. The molecule has 2 aliphatic rings. The lowest BCUT2D eigenvalue weighted by Gasteiger charge is -2.27. The summed E-state index contributed by atoms with van der Waals surface area (Å²) >= 11 is 11.7. The molecule has 0 bridgehead atoms. The van der Waals surface area contributed by atoms with Crippen LogP contribution in [0.4, 0.5) is 18.9 Å². The molecule has 2 aliphatic heterocycles. The van der Waals surface area contributed by atoms with E-state index in [0.29, 0.717) is 11.8 Å². The molecule has 0 aromatic heterocycles. The lowest BCUT2D eigenvalue weighted by molar-refractivity contribution is -0.138. The summed E-state index contributed by atoms with van der Waals surface area (Å²) in [4.78, 5) is 50.2. The van der Waals surface area contributed by atoms with Gasteiger partial charge in [0.15, 0.2) is 5.75 Å².